The lowest BCUT2D eigenvalue weighted by Gasteiger charge is -2.16. The molecule has 0 radical (unpaired) electrons. The summed E-state index contributed by atoms with van der Waals surface area (Å²) in [5.41, 5.74) is 5.57. The van der Waals surface area contributed by atoms with E-state index >= 15 is 0 Å². The van der Waals surface area contributed by atoms with Gasteiger partial charge in [-0.1, -0.05) is 18.7 Å². The fourth-order valence-corrected chi connectivity index (χ4v) is 3.78. The zero-order valence-corrected chi connectivity index (χ0v) is 16.1. The molecule has 29 heavy (non-hydrogen) atoms. The maximum Gasteiger partial charge on any atom is 0.128 e. The Kier molecular flexibility index (Phi) is 4.44. The molecule has 0 spiro atoms. The summed E-state index contributed by atoms with van der Waals surface area (Å²) in [6.45, 7) is 6.38. The summed E-state index contributed by atoms with van der Waals surface area (Å²) >= 11 is 0. The van der Waals surface area contributed by atoms with Crippen LogP contribution in [0.3, 0.4) is 0 Å². The summed E-state index contributed by atoms with van der Waals surface area (Å²) in [7, 11) is 0. The standard InChI is InChI=1S/C23H22N6/c1-16(26-19-7-9-22(25-15-19)29-11-2-3-12-29)23-20-13-17(6-8-21(20)27-28-23)18-5-4-10-24-14-18/h4-10,13-15,26H,1-3,11-12H2,(H,27,28). The lowest BCUT2D eigenvalue weighted by atomic mass is 10.0. The van der Waals surface area contributed by atoms with Gasteiger partial charge in [0.25, 0.3) is 0 Å². The summed E-state index contributed by atoms with van der Waals surface area (Å²) in [4.78, 5) is 11.1. The molecule has 0 saturated carbocycles. The molecular formula is C23H22N6. The minimum absolute atomic E-state index is 0.732. The molecule has 1 aliphatic heterocycles. The first-order valence-electron chi connectivity index (χ1n) is 9.84. The molecule has 1 aromatic carbocycles. The summed E-state index contributed by atoms with van der Waals surface area (Å²) in [6, 6.07) is 14.3. The summed E-state index contributed by atoms with van der Waals surface area (Å²) in [5.74, 6) is 1.03. The second-order valence-electron chi connectivity index (χ2n) is 7.28. The number of aromatic nitrogens is 4. The van der Waals surface area contributed by atoms with Gasteiger partial charge < -0.3 is 10.2 Å². The molecule has 0 atom stereocenters. The van der Waals surface area contributed by atoms with Crippen LogP contribution in [0.25, 0.3) is 27.7 Å². The van der Waals surface area contributed by atoms with Gasteiger partial charge >= 0.3 is 0 Å². The van der Waals surface area contributed by atoms with Crippen LogP contribution in [0.5, 0.6) is 0 Å². The molecule has 2 N–H and O–H groups in total. The van der Waals surface area contributed by atoms with Crippen molar-refractivity contribution in [3.63, 3.8) is 0 Å². The average Bonchev–Trinajstić information content (AvgIpc) is 3.45. The van der Waals surface area contributed by atoms with Gasteiger partial charge in [0.15, 0.2) is 0 Å². The fourth-order valence-electron chi connectivity index (χ4n) is 3.78. The highest BCUT2D eigenvalue weighted by atomic mass is 15.2. The van der Waals surface area contributed by atoms with Gasteiger partial charge in [0.1, 0.15) is 11.5 Å². The van der Waals surface area contributed by atoms with Crippen molar-refractivity contribution in [1.29, 1.82) is 0 Å². The van der Waals surface area contributed by atoms with Crippen LogP contribution in [0.4, 0.5) is 11.5 Å². The predicted molar refractivity (Wildman–Crippen MR) is 118 cm³/mol. The summed E-state index contributed by atoms with van der Waals surface area (Å²) in [6.07, 6.45) is 7.98. The topological polar surface area (TPSA) is 69.7 Å². The van der Waals surface area contributed by atoms with Gasteiger partial charge in [-0.3, -0.25) is 10.1 Å². The predicted octanol–water partition coefficient (Wildman–Crippen LogP) is 4.70. The molecule has 3 aromatic heterocycles. The van der Waals surface area contributed by atoms with Crippen LogP contribution in [0, 0.1) is 0 Å². The van der Waals surface area contributed by atoms with E-state index in [0.717, 1.165) is 58.0 Å². The van der Waals surface area contributed by atoms with Crippen LogP contribution in [-0.2, 0) is 0 Å². The minimum Gasteiger partial charge on any atom is -0.357 e. The van der Waals surface area contributed by atoms with Gasteiger partial charge in [-0.2, -0.15) is 5.10 Å². The van der Waals surface area contributed by atoms with Crippen molar-refractivity contribution in [1.82, 2.24) is 20.2 Å². The van der Waals surface area contributed by atoms with Crippen LogP contribution < -0.4 is 10.2 Å². The fraction of sp³-hybridized carbons (Fsp3) is 0.174. The molecule has 6 heteroatoms. The first-order chi connectivity index (χ1) is 14.3. The molecule has 144 valence electrons. The number of rotatable bonds is 5. The van der Waals surface area contributed by atoms with Crippen molar-refractivity contribution in [3.8, 4) is 11.1 Å². The van der Waals surface area contributed by atoms with Gasteiger partial charge in [0, 0.05) is 36.4 Å². The minimum atomic E-state index is 0.732. The molecule has 1 saturated heterocycles. The highest BCUT2D eigenvalue weighted by molar-refractivity contribution is 5.95. The van der Waals surface area contributed by atoms with E-state index in [1.807, 2.05) is 30.6 Å². The number of hydrogen-bond acceptors (Lipinski definition) is 5. The molecule has 1 fully saturated rings. The zero-order chi connectivity index (χ0) is 19.6. The maximum absolute atomic E-state index is 4.60. The molecule has 0 amide bonds. The molecule has 0 bridgehead atoms. The maximum atomic E-state index is 4.60. The van der Waals surface area contributed by atoms with E-state index in [1.54, 1.807) is 6.20 Å². The van der Waals surface area contributed by atoms with Crippen molar-refractivity contribution in [3.05, 3.63) is 73.3 Å². The van der Waals surface area contributed by atoms with Crippen molar-refractivity contribution in [2.45, 2.75) is 12.8 Å². The number of aromatic amines is 1. The monoisotopic (exact) mass is 382 g/mol. The smallest absolute Gasteiger partial charge is 0.128 e. The average molecular weight is 382 g/mol. The number of H-pyrrole nitrogens is 1. The quantitative estimate of drug-likeness (QED) is 0.523. The van der Waals surface area contributed by atoms with E-state index in [4.69, 9.17) is 0 Å². The third-order valence-corrected chi connectivity index (χ3v) is 5.32. The number of benzene rings is 1. The third kappa shape index (κ3) is 3.45. The van der Waals surface area contributed by atoms with Crippen LogP contribution in [0.2, 0.25) is 0 Å². The number of fused-ring (bicyclic) bond motifs is 1. The molecule has 4 aromatic rings. The normalized spacial score (nSPS) is 13.7. The van der Waals surface area contributed by atoms with Crippen LogP contribution in [0.15, 0.2) is 67.6 Å². The molecule has 1 aliphatic rings. The number of nitrogens with zero attached hydrogens (tertiary/aromatic N) is 4. The number of pyridine rings is 2. The largest absolute Gasteiger partial charge is 0.357 e. The highest BCUT2D eigenvalue weighted by Gasteiger charge is 2.14. The van der Waals surface area contributed by atoms with Crippen LogP contribution >= 0.6 is 0 Å². The zero-order valence-electron chi connectivity index (χ0n) is 16.1. The molecule has 6 nitrogen and oxygen atoms in total. The van der Waals surface area contributed by atoms with E-state index in [-0.39, 0.29) is 0 Å². The van der Waals surface area contributed by atoms with Crippen molar-refractivity contribution >= 4 is 28.1 Å². The summed E-state index contributed by atoms with van der Waals surface area (Å²) in [5, 5.41) is 11.9. The Bertz CT molecular complexity index is 1140. The second-order valence-corrected chi connectivity index (χ2v) is 7.28. The van der Waals surface area contributed by atoms with E-state index < -0.39 is 0 Å². The van der Waals surface area contributed by atoms with Gasteiger partial charge in [-0.05, 0) is 48.7 Å². The highest BCUT2D eigenvalue weighted by Crippen LogP contribution is 2.28. The second kappa shape index (κ2) is 7.39. The van der Waals surface area contributed by atoms with Crippen molar-refractivity contribution in [2.24, 2.45) is 0 Å². The van der Waals surface area contributed by atoms with E-state index in [1.165, 1.54) is 12.8 Å². The Labute approximate surface area is 169 Å². The first-order valence-corrected chi connectivity index (χ1v) is 9.84. The van der Waals surface area contributed by atoms with Gasteiger partial charge in [0.2, 0.25) is 0 Å². The lowest BCUT2D eigenvalue weighted by Crippen LogP contribution is -2.18. The molecule has 0 aliphatic carbocycles. The molecule has 4 heterocycles. The Morgan fingerprint density at radius 2 is 1.93 bits per heavy atom. The lowest BCUT2D eigenvalue weighted by molar-refractivity contribution is 0.938. The number of nitrogens with one attached hydrogen (secondary N) is 2. The van der Waals surface area contributed by atoms with Crippen molar-refractivity contribution < 1.29 is 0 Å². The summed E-state index contributed by atoms with van der Waals surface area (Å²) < 4.78 is 0. The van der Waals surface area contributed by atoms with E-state index in [2.05, 4.69) is 61.2 Å². The third-order valence-electron chi connectivity index (χ3n) is 5.32. The first kappa shape index (κ1) is 17.4. The Morgan fingerprint density at radius 1 is 1.03 bits per heavy atom. The van der Waals surface area contributed by atoms with E-state index in [9.17, 15) is 0 Å². The Hall–Kier alpha value is -3.67. The number of hydrogen-bond donors (Lipinski definition) is 2. The van der Waals surface area contributed by atoms with Crippen LogP contribution in [0.1, 0.15) is 18.5 Å². The Morgan fingerprint density at radius 3 is 2.69 bits per heavy atom. The Balaban J connectivity index is 1.39. The van der Waals surface area contributed by atoms with Crippen LogP contribution in [-0.4, -0.2) is 33.3 Å². The van der Waals surface area contributed by atoms with E-state index in [0.29, 0.717) is 0 Å². The van der Waals surface area contributed by atoms with Crippen molar-refractivity contribution in [2.75, 3.05) is 23.3 Å². The SMILES string of the molecule is C=C(Nc1ccc(N2CCCC2)nc1)c1n[nH]c2ccc(-c3cccnc3)cc12. The number of anilines is 2. The molecular weight excluding hydrogens is 360 g/mol. The molecule has 5 rings (SSSR count). The molecule has 0 unspecified atom stereocenters. The van der Waals surface area contributed by atoms with Gasteiger partial charge in [-0.15, -0.1) is 0 Å². The van der Waals surface area contributed by atoms with Gasteiger partial charge in [-0.25, -0.2) is 4.98 Å². The van der Waals surface area contributed by atoms with Gasteiger partial charge in [0.05, 0.1) is 23.1 Å².